The van der Waals surface area contributed by atoms with E-state index >= 15 is 0 Å². The number of amides is 2. The fraction of sp³-hybridized carbons (Fsp3) is 0.333. The van der Waals surface area contributed by atoms with Gasteiger partial charge in [-0.05, 0) is 44.5 Å². The van der Waals surface area contributed by atoms with Gasteiger partial charge in [0.05, 0.1) is 17.9 Å². The van der Waals surface area contributed by atoms with E-state index in [0.29, 0.717) is 11.4 Å². The van der Waals surface area contributed by atoms with Crippen molar-refractivity contribution in [3.05, 3.63) is 59.9 Å². The van der Waals surface area contributed by atoms with Crippen molar-refractivity contribution in [2.75, 3.05) is 16.8 Å². The molecule has 1 heterocycles. The van der Waals surface area contributed by atoms with Crippen molar-refractivity contribution in [1.82, 2.24) is 5.32 Å². The minimum Gasteiger partial charge on any atom is -0.444 e. The number of benzene rings is 2. The van der Waals surface area contributed by atoms with Crippen LogP contribution in [0.3, 0.4) is 0 Å². The van der Waals surface area contributed by atoms with E-state index < -0.39 is 23.6 Å². The quantitative estimate of drug-likeness (QED) is 0.846. The summed E-state index contributed by atoms with van der Waals surface area (Å²) < 4.78 is 19.2. The van der Waals surface area contributed by atoms with E-state index in [0.717, 1.165) is 5.56 Å². The normalized spacial score (nSPS) is 16.6. The van der Waals surface area contributed by atoms with Gasteiger partial charge in [0.1, 0.15) is 17.5 Å². The molecule has 2 amide bonds. The summed E-state index contributed by atoms with van der Waals surface area (Å²) in [5.41, 5.74) is 1.27. The van der Waals surface area contributed by atoms with Gasteiger partial charge in [0.25, 0.3) is 5.91 Å². The van der Waals surface area contributed by atoms with Gasteiger partial charge in [-0.3, -0.25) is 4.79 Å². The van der Waals surface area contributed by atoms with Crippen LogP contribution in [0.25, 0.3) is 0 Å². The van der Waals surface area contributed by atoms with Gasteiger partial charge >= 0.3 is 6.09 Å². The number of nitrogens with zero attached hydrogens (tertiary/aromatic N) is 1. The molecule has 2 aromatic carbocycles. The first kappa shape index (κ1) is 19.7. The molecule has 0 aliphatic carbocycles. The van der Waals surface area contributed by atoms with Crippen LogP contribution >= 0.6 is 0 Å². The zero-order valence-electron chi connectivity index (χ0n) is 16.2. The Morgan fingerprint density at radius 3 is 2.64 bits per heavy atom. The van der Waals surface area contributed by atoms with Crippen molar-refractivity contribution in [2.24, 2.45) is 0 Å². The Morgan fingerprint density at radius 2 is 1.96 bits per heavy atom. The average Bonchev–Trinajstić information content (AvgIpc) is 2.73. The number of hydrogen-bond acceptors (Lipinski definition) is 4. The monoisotopic (exact) mass is 385 g/mol. The van der Waals surface area contributed by atoms with Crippen LogP contribution in [-0.4, -0.2) is 30.2 Å². The van der Waals surface area contributed by atoms with Crippen LogP contribution in [0, 0.1) is 5.82 Å². The fourth-order valence-electron chi connectivity index (χ4n) is 2.98. The molecule has 0 aromatic heterocycles. The first-order valence-electron chi connectivity index (χ1n) is 9.11. The number of hydrogen-bond donors (Lipinski definition) is 2. The molecule has 0 radical (unpaired) electrons. The lowest BCUT2D eigenvalue weighted by molar-refractivity contribution is -0.120. The standard InChI is InChI=1S/C21H24FN3O3/c1-21(2,3)28-20(27)24-17-12-23-16-10-9-15(22)11-18(16)25(19(17)26)13-14-7-5-4-6-8-14/h4-11,17,23H,12-13H2,1-3H3,(H,24,27)/t17-/m0/s1. The molecule has 0 unspecified atom stereocenters. The highest BCUT2D eigenvalue weighted by atomic mass is 19.1. The summed E-state index contributed by atoms with van der Waals surface area (Å²) in [6, 6.07) is 12.8. The lowest BCUT2D eigenvalue weighted by Gasteiger charge is -2.27. The van der Waals surface area contributed by atoms with Crippen LogP contribution in [0.1, 0.15) is 26.3 Å². The summed E-state index contributed by atoms with van der Waals surface area (Å²) >= 11 is 0. The Labute approximate surface area is 163 Å². The van der Waals surface area contributed by atoms with Gasteiger partial charge in [-0.1, -0.05) is 30.3 Å². The van der Waals surface area contributed by atoms with Gasteiger partial charge in [-0.25, -0.2) is 9.18 Å². The lowest BCUT2D eigenvalue weighted by atomic mass is 10.1. The van der Waals surface area contributed by atoms with E-state index in [1.54, 1.807) is 26.8 Å². The summed E-state index contributed by atoms with van der Waals surface area (Å²) in [5.74, 6) is -0.781. The summed E-state index contributed by atoms with van der Waals surface area (Å²) in [7, 11) is 0. The van der Waals surface area contributed by atoms with E-state index in [-0.39, 0.29) is 19.0 Å². The summed E-state index contributed by atoms with van der Waals surface area (Å²) in [6.07, 6.45) is -0.676. The van der Waals surface area contributed by atoms with Crippen molar-refractivity contribution in [1.29, 1.82) is 0 Å². The van der Waals surface area contributed by atoms with Crippen LogP contribution < -0.4 is 15.5 Å². The van der Waals surface area contributed by atoms with Gasteiger partial charge in [-0.2, -0.15) is 0 Å². The second-order valence-corrected chi connectivity index (χ2v) is 7.65. The zero-order chi connectivity index (χ0) is 20.3. The van der Waals surface area contributed by atoms with Crippen LogP contribution in [0.2, 0.25) is 0 Å². The molecule has 6 nitrogen and oxygen atoms in total. The molecular weight excluding hydrogens is 361 g/mol. The van der Waals surface area contributed by atoms with Gasteiger partial charge < -0.3 is 20.3 Å². The Morgan fingerprint density at radius 1 is 1.25 bits per heavy atom. The Bertz CT molecular complexity index is 865. The third-order valence-corrected chi connectivity index (χ3v) is 4.19. The molecule has 1 aliphatic heterocycles. The molecule has 1 atom stereocenters. The SMILES string of the molecule is CC(C)(C)OC(=O)N[C@H]1CNc2ccc(F)cc2N(Cc2ccccc2)C1=O. The topological polar surface area (TPSA) is 70.7 Å². The third-order valence-electron chi connectivity index (χ3n) is 4.19. The minimum absolute atomic E-state index is 0.169. The van der Waals surface area contributed by atoms with E-state index in [2.05, 4.69) is 10.6 Å². The van der Waals surface area contributed by atoms with Crippen molar-refractivity contribution >= 4 is 23.4 Å². The molecule has 1 aliphatic rings. The van der Waals surface area contributed by atoms with Gasteiger partial charge in [0, 0.05) is 6.54 Å². The van der Waals surface area contributed by atoms with Crippen LogP contribution in [0.5, 0.6) is 0 Å². The second-order valence-electron chi connectivity index (χ2n) is 7.65. The number of alkyl carbamates (subject to hydrolysis) is 1. The van der Waals surface area contributed by atoms with Crippen LogP contribution in [0.4, 0.5) is 20.6 Å². The summed E-state index contributed by atoms with van der Waals surface area (Å²) in [5, 5.41) is 5.74. The average molecular weight is 385 g/mol. The summed E-state index contributed by atoms with van der Waals surface area (Å²) in [4.78, 5) is 26.9. The van der Waals surface area contributed by atoms with Gasteiger partial charge in [-0.15, -0.1) is 0 Å². The van der Waals surface area contributed by atoms with Crippen LogP contribution in [0.15, 0.2) is 48.5 Å². The molecule has 0 saturated carbocycles. The molecular formula is C21H24FN3O3. The van der Waals surface area contributed by atoms with Crippen molar-refractivity contribution < 1.29 is 18.7 Å². The molecule has 7 heteroatoms. The fourth-order valence-corrected chi connectivity index (χ4v) is 2.98. The Balaban J connectivity index is 1.89. The van der Waals surface area contributed by atoms with Crippen molar-refractivity contribution in [3.8, 4) is 0 Å². The first-order valence-corrected chi connectivity index (χ1v) is 9.11. The number of carbonyl (C=O) groups is 2. The first-order chi connectivity index (χ1) is 13.2. The molecule has 3 rings (SSSR count). The maximum absolute atomic E-state index is 13.9. The molecule has 2 aromatic rings. The Hall–Kier alpha value is -3.09. The highest BCUT2D eigenvalue weighted by Gasteiger charge is 2.33. The molecule has 0 bridgehead atoms. The number of ether oxygens (including phenoxy) is 1. The van der Waals surface area contributed by atoms with Crippen molar-refractivity contribution in [3.63, 3.8) is 0 Å². The number of fused-ring (bicyclic) bond motifs is 1. The number of nitrogens with one attached hydrogen (secondary N) is 2. The van der Waals surface area contributed by atoms with Gasteiger partial charge in [0.2, 0.25) is 0 Å². The highest BCUT2D eigenvalue weighted by Crippen LogP contribution is 2.31. The predicted octanol–water partition coefficient (Wildman–Crippen LogP) is 3.68. The lowest BCUT2D eigenvalue weighted by Crippen LogP contribution is -2.51. The number of carbonyl (C=O) groups excluding carboxylic acids is 2. The summed E-state index contributed by atoms with van der Waals surface area (Å²) in [6.45, 7) is 5.67. The van der Waals surface area contributed by atoms with E-state index in [1.807, 2.05) is 30.3 Å². The Kier molecular flexibility index (Phi) is 5.53. The number of halogens is 1. The number of rotatable bonds is 3. The molecule has 28 heavy (non-hydrogen) atoms. The van der Waals surface area contributed by atoms with Crippen molar-refractivity contribution in [2.45, 2.75) is 39.0 Å². The molecule has 0 spiro atoms. The van der Waals surface area contributed by atoms with Gasteiger partial charge in [0.15, 0.2) is 0 Å². The second kappa shape index (κ2) is 7.88. The smallest absolute Gasteiger partial charge is 0.408 e. The predicted molar refractivity (Wildman–Crippen MR) is 106 cm³/mol. The molecule has 2 N–H and O–H groups in total. The molecule has 148 valence electrons. The van der Waals surface area contributed by atoms with E-state index in [9.17, 15) is 14.0 Å². The molecule has 0 fully saturated rings. The largest absolute Gasteiger partial charge is 0.444 e. The highest BCUT2D eigenvalue weighted by molar-refractivity contribution is 6.02. The third kappa shape index (κ3) is 4.79. The number of anilines is 2. The van der Waals surface area contributed by atoms with E-state index in [1.165, 1.54) is 17.0 Å². The maximum atomic E-state index is 13.9. The zero-order valence-corrected chi connectivity index (χ0v) is 16.2. The van der Waals surface area contributed by atoms with E-state index in [4.69, 9.17) is 4.74 Å². The molecule has 0 saturated heterocycles. The minimum atomic E-state index is -0.853. The maximum Gasteiger partial charge on any atom is 0.408 e. The van der Waals surface area contributed by atoms with Crippen LogP contribution in [-0.2, 0) is 16.1 Å².